The minimum absolute atomic E-state index is 0.0335. The van der Waals surface area contributed by atoms with E-state index in [2.05, 4.69) is 54.9 Å². The van der Waals surface area contributed by atoms with Crippen molar-refractivity contribution >= 4 is 16.9 Å². The van der Waals surface area contributed by atoms with Crippen LogP contribution in [0.15, 0.2) is 42.5 Å². The largest absolute Gasteiger partial charge is 0.352 e. The molecule has 0 aliphatic carbocycles. The summed E-state index contributed by atoms with van der Waals surface area (Å²) in [5, 5.41) is 3.06. The van der Waals surface area contributed by atoms with Gasteiger partial charge in [-0.2, -0.15) is 0 Å². The molecule has 4 nitrogen and oxygen atoms in total. The lowest BCUT2D eigenvalue weighted by Crippen LogP contribution is -2.35. The molecule has 2 aromatic carbocycles. The smallest absolute Gasteiger partial charge is 0.240 e. The van der Waals surface area contributed by atoms with Crippen LogP contribution in [-0.4, -0.2) is 21.5 Å². The number of imidazole rings is 1. The number of carbonyl (C=O) groups excluding carboxylic acids is 1. The number of aromatic nitrogens is 2. The van der Waals surface area contributed by atoms with Crippen LogP contribution < -0.4 is 5.32 Å². The number of fused-ring (bicyclic) bond motifs is 1. The van der Waals surface area contributed by atoms with Gasteiger partial charge < -0.3 is 9.88 Å². The molecule has 136 valence electrons. The molecule has 0 spiro atoms. The van der Waals surface area contributed by atoms with Gasteiger partial charge in [-0.05, 0) is 56.0 Å². The van der Waals surface area contributed by atoms with Gasteiger partial charge >= 0.3 is 0 Å². The van der Waals surface area contributed by atoms with Gasteiger partial charge in [0.25, 0.3) is 0 Å². The van der Waals surface area contributed by atoms with E-state index < -0.39 is 0 Å². The van der Waals surface area contributed by atoms with Crippen molar-refractivity contribution in [2.24, 2.45) is 0 Å². The van der Waals surface area contributed by atoms with E-state index in [1.807, 2.05) is 25.1 Å². The molecule has 0 saturated carbocycles. The molecule has 0 bridgehead atoms. The highest BCUT2D eigenvalue weighted by molar-refractivity contribution is 5.82. The predicted molar refractivity (Wildman–Crippen MR) is 106 cm³/mol. The van der Waals surface area contributed by atoms with Crippen LogP contribution in [0.25, 0.3) is 11.0 Å². The first-order valence-electron chi connectivity index (χ1n) is 9.27. The maximum absolute atomic E-state index is 12.5. The van der Waals surface area contributed by atoms with Gasteiger partial charge in [-0.25, -0.2) is 4.98 Å². The first-order valence-corrected chi connectivity index (χ1v) is 9.27. The lowest BCUT2D eigenvalue weighted by atomic mass is 10.1. The molecule has 26 heavy (non-hydrogen) atoms. The second-order valence-electron chi connectivity index (χ2n) is 7.08. The topological polar surface area (TPSA) is 46.9 Å². The normalized spacial score (nSPS) is 12.3. The molecule has 3 rings (SSSR count). The SMILES string of the molecule is CC[C@@H](C)NC(=O)Cn1c(Cc2ccccc2)nc2cc(C)c(C)cc21. The van der Waals surface area contributed by atoms with Crippen LogP contribution in [0.3, 0.4) is 0 Å². The van der Waals surface area contributed by atoms with E-state index >= 15 is 0 Å². The Kier molecular flexibility index (Phi) is 5.40. The monoisotopic (exact) mass is 349 g/mol. The maximum Gasteiger partial charge on any atom is 0.240 e. The third-order valence-corrected chi connectivity index (χ3v) is 4.97. The molecule has 4 heteroatoms. The summed E-state index contributed by atoms with van der Waals surface area (Å²) in [7, 11) is 0. The zero-order valence-corrected chi connectivity index (χ0v) is 16.0. The third-order valence-electron chi connectivity index (χ3n) is 4.97. The van der Waals surface area contributed by atoms with E-state index in [-0.39, 0.29) is 11.9 Å². The number of rotatable bonds is 6. The number of carbonyl (C=O) groups is 1. The Morgan fingerprint density at radius 1 is 1.15 bits per heavy atom. The minimum atomic E-state index is 0.0335. The van der Waals surface area contributed by atoms with Crippen molar-refractivity contribution in [2.75, 3.05) is 0 Å². The molecule has 1 aromatic heterocycles. The molecule has 0 saturated heterocycles. The highest BCUT2D eigenvalue weighted by atomic mass is 16.2. The van der Waals surface area contributed by atoms with Crippen LogP contribution in [-0.2, 0) is 17.8 Å². The average Bonchev–Trinajstić information content (AvgIpc) is 2.92. The molecule has 3 aromatic rings. The van der Waals surface area contributed by atoms with Crippen molar-refractivity contribution in [1.29, 1.82) is 0 Å². The molecule has 0 unspecified atom stereocenters. The summed E-state index contributed by atoms with van der Waals surface area (Å²) in [5.41, 5.74) is 5.61. The van der Waals surface area contributed by atoms with E-state index in [4.69, 9.17) is 4.98 Å². The van der Waals surface area contributed by atoms with E-state index in [1.54, 1.807) is 0 Å². The summed E-state index contributed by atoms with van der Waals surface area (Å²) in [5.74, 6) is 0.960. The molecular formula is C22H27N3O. The lowest BCUT2D eigenvalue weighted by molar-refractivity contribution is -0.122. The number of nitrogens with zero attached hydrogens (tertiary/aromatic N) is 2. The molecule has 1 heterocycles. The second-order valence-corrected chi connectivity index (χ2v) is 7.08. The highest BCUT2D eigenvalue weighted by Gasteiger charge is 2.16. The van der Waals surface area contributed by atoms with E-state index in [1.165, 1.54) is 16.7 Å². The number of hydrogen-bond acceptors (Lipinski definition) is 2. The van der Waals surface area contributed by atoms with Crippen molar-refractivity contribution in [3.63, 3.8) is 0 Å². The number of aryl methyl sites for hydroxylation is 2. The Morgan fingerprint density at radius 2 is 1.85 bits per heavy atom. The van der Waals surface area contributed by atoms with E-state index in [0.717, 1.165) is 23.3 Å². The molecule has 1 amide bonds. The van der Waals surface area contributed by atoms with Crippen LogP contribution in [0, 0.1) is 13.8 Å². The average molecular weight is 349 g/mol. The number of hydrogen-bond donors (Lipinski definition) is 1. The van der Waals surface area contributed by atoms with Crippen LogP contribution >= 0.6 is 0 Å². The Balaban J connectivity index is 2.00. The fourth-order valence-corrected chi connectivity index (χ4v) is 3.09. The fourth-order valence-electron chi connectivity index (χ4n) is 3.09. The van der Waals surface area contributed by atoms with Gasteiger partial charge in [0.1, 0.15) is 12.4 Å². The van der Waals surface area contributed by atoms with Gasteiger partial charge in [0.2, 0.25) is 5.91 Å². The van der Waals surface area contributed by atoms with Crippen LogP contribution in [0.4, 0.5) is 0 Å². The third kappa shape index (κ3) is 3.96. The Bertz CT molecular complexity index is 912. The highest BCUT2D eigenvalue weighted by Crippen LogP contribution is 2.22. The van der Waals surface area contributed by atoms with Gasteiger partial charge in [-0.3, -0.25) is 4.79 Å². The van der Waals surface area contributed by atoms with Crippen molar-refractivity contribution in [3.05, 3.63) is 65.0 Å². The van der Waals surface area contributed by atoms with E-state index in [0.29, 0.717) is 13.0 Å². The molecule has 0 radical (unpaired) electrons. The first kappa shape index (κ1) is 18.2. The molecule has 0 aliphatic rings. The van der Waals surface area contributed by atoms with Gasteiger partial charge in [0.15, 0.2) is 0 Å². The number of nitrogens with one attached hydrogen (secondary N) is 1. The second kappa shape index (κ2) is 7.73. The van der Waals surface area contributed by atoms with E-state index in [9.17, 15) is 4.79 Å². The Labute approximate surface area is 155 Å². The maximum atomic E-state index is 12.5. The van der Waals surface area contributed by atoms with Crippen molar-refractivity contribution in [1.82, 2.24) is 14.9 Å². The molecular weight excluding hydrogens is 322 g/mol. The van der Waals surface area contributed by atoms with Gasteiger partial charge in [-0.15, -0.1) is 0 Å². The summed E-state index contributed by atoms with van der Waals surface area (Å²) in [4.78, 5) is 17.4. The number of benzene rings is 2. The predicted octanol–water partition coefficient (Wildman–Crippen LogP) is 4.16. The summed E-state index contributed by atoms with van der Waals surface area (Å²) in [6.45, 7) is 8.60. The zero-order chi connectivity index (χ0) is 18.7. The standard InChI is InChI=1S/C22H27N3O/c1-5-17(4)23-22(26)14-25-20-12-16(3)15(2)11-19(20)24-21(25)13-18-9-7-6-8-10-18/h6-12,17H,5,13-14H2,1-4H3,(H,23,26)/t17-/m1/s1. The van der Waals surface area contributed by atoms with Crippen LogP contribution in [0.2, 0.25) is 0 Å². The van der Waals surface area contributed by atoms with Crippen molar-refractivity contribution in [2.45, 2.75) is 53.1 Å². The summed E-state index contributed by atoms with van der Waals surface area (Å²) < 4.78 is 2.06. The van der Waals surface area contributed by atoms with Crippen LogP contribution in [0.1, 0.15) is 42.8 Å². The van der Waals surface area contributed by atoms with Crippen molar-refractivity contribution in [3.8, 4) is 0 Å². The molecule has 1 atom stereocenters. The van der Waals surface area contributed by atoms with Crippen LogP contribution in [0.5, 0.6) is 0 Å². The zero-order valence-electron chi connectivity index (χ0n) is 16.0. The minimum Gasteiger partial charge on any atom is -0.352 e. The molecule has 1 N–H and O–H groups in total. The number of amides is 1. The molecule has 0 aliphatic heterocycles. The van der Waals surface area contributed by atoms with Gasteiger partial charge in [0, 0.05) is 12.5 Å². The first-order chi connectivity index (χ1) is 12.5. The van der Waals surface area contributed by atoms with Crippen molar-refractivity contribution < 1.29 is 4.79 Å². The molecule has 0 fully saturated rings. The summed E-state index contributed by atoms with van der Waals surface area (Å²) in [6, 6.07) is 14.7. The fraction of sp³-hybridized carbons (Fsp3) is 0.364. The Morgan fingerprint density at radius 3 is 2.54 bits per heavy atom. The lowest BCUT2D eigenvalue weighted by Gasteiger charge is -2.14. The van der Waals surface area contributed by atoms with Gasteiger partial charge in [0.05, 0.1) is 11.0 Å². The summed E-state index contributed by atoms with van der Waals surface area (Å²) >= 11 is 0. The Hall–Kier alpha value is -2.62. The van der Waals surface area contributed by atoms with Gasteiger partial charge in [-0.1, -0.05) is 37.3 Å². The summed E-state index contributed by atoms with van der Waals surface area (Å²) in [6.07, 6.45) is 1.63. The quantitative estimate of drug-likeness (QED) is 0.726.